The fraction of sp³-hybridized carbons (Fsp3) is 1.00. The highest BCUT2D eigenvalue weighted by Crippen LogP contribution is 2.29. The molecule has 5 nitrogen and oxygen atoms in total. The average molecular weight is 234 g/mol. The molecule has 1 aliphatic rings. The third-order valence-electron chi connectivity index (χ3n) is 3.11. The number of methoxy groups -OCH3 is 4. The maximum Gasteiger partial charge on any atom is 0.186 e. The van der Waals surface area contributed by atoms with E-state index in [2.05, 4.69) is 6.92 Å². The number of hydrogen-bond acceptors (Lipinski definition) is 5. The second-order valence-electron chi connectivity index (χ2n) is 3.99. The smallest absolute Gasteiger partial charge is 0.186 e. The minimum Gasteiger partial charge on any atom is -0.382 e. The topological polar surface area (TPSA) is 46.2 Å². The van der Waals surface area contributed by atoms with E-state index in [1.54, 1.807) is 28.4 Å². The summed E-state index contributed by atoms with van der Waals surface area (Å²) in [5, 5.41) is 0. The van der Waals surface area contributed by atoms with E-state index in [1.807, 2.05) is 0 Å². The molecule has 1 heterocycles. The van der Waals surface area contributed by atoms with Gasteiger partial charge >= 0.3 is 0 Å². The molecule has 1 aliphatic heterocycles. The molecule has 0 aliphatic carbocycles. The second-order valence-corrected chi connectivity index (χ2v) is 3.99. The van der Waals surface area contributed by atoms with Crippen LogP contribution in [0, 0.1) is 5.92 Å². The lowest BCUT2D eigenvalue weighted by Gasteiger charge is -2.43. The third-order valence-corrected chi connectivity index (χ3v) is 3.11. The molecule has 1 saturated heterocycles. The molecule has 0 radical (unpaired) electrons. The van der Waals surface area contributed by atoms with Gasteiger partial charge < -0.3 is 23.7 Å². The van der Waals surface area contributed by atoms with Crippen LogP contribution in [0.3, 0.4) is 0 Å². The molecular formula is C11H22O5. The highest BCUT2D eigenvalue weighted by molar-refractivity contribution is 4.88. The summed E-state index contributed by atoms with van der Waals surface area (Å²) in [6.45, 7) is 2.59. The van der Waals surface area contributed by atoms with Crippen molar-refractivity contribution in [3.8, 4) is 0 Å². The van der Waals surface area contributed by atoms with Crippen LogP contribution in [-0.4, -0.2) is 59.6 Å². The van der Waals surface area contributed by atoms with Gasteiger partial charge in [-0.2, -0.15) is 0 Å². The van der Waals surface area contributed by atoms with Crippen LogP contribution in [0.5, 0.6) is 0 Å². The van der Waals surface area contributed by atoms with E-state index >= 15 is 0 Å². The first kappa shape index (κ1) is 13.9. The standard InChI is InChI=1S/C11H22O5/c1-7-8(6-12-2)16-11(15-5)10(14-4)9(7)13-3/h7-11H,6H2,1-5H3/t7-,8?,9?,10?,11+/m0/s1. The second kappa shape index (κ2) is 6.51. The predicted molar refractivity (Wildman–Crippen MR) is 58.3 cm³/mol. The molecule has 0 aromatic rings. The lowest BCUT2D eigenvalue weighted by Crippen LogP contribution is -2.56. The van der Waals surface area contributed by atoms with Gasteiger partial charge in [0, 0.05) is 34.4 Å². The molecule has 0 N–H and O–H groups in total. The van der Waals surface area contributed by atoms with Crippen molar-refractivity contribution >= 4 is 0 Å². The Hall–Kier alpha value is -0.200. The summed E-state index contributed by atoms with van der Waals surface area (Å²) in [5.74, 6) is 0.196. The van der Waals surface area contributed by atoms with Crippen molar-refractivity contribution in [2.75, 3.05) is 35.0 Å². The van der Waals surface area contributed by atoms with E-state index in [1.165, 1.54) is 0 Å². The largest absolute Gasteiger partial charge is 0.382 e. The highest BCUT2D eigenvalue weighted by atomic mass is 16.7. The van der Waals surface area contributed by atoms with Crippen molar-refractivity contribution in [2.45, 2.75) is 31.5 Å². The fourth-order valence-corrected chi connectivity index (χ4v) is 2.18. The molecule has 0 spiro atoms. The summed E-state index contributed by atoms with van der Waals surface area (Å²) in [4.78, 5) is 0. The van der Waals surface area contributed by atoms with Crippen LogP contribution in [0.4, 0.5) is 0 Å². The molecule has 1 fully saturated rings. The van der Waals surface area contributed by atoms with Gasteiger partial charge in [0.1, 0.15) is 6.10 Å². The fourth-order valence-electron chi connectivity index (χ4n) is 2.18. The Bertz CT molecular complexity index is 199. The van der Waals surface area contributed by atoms with Crippen molar-refractivity contribution in [1.82, 2.24) is 0 Å². The Morgan fingerprint density at radius 2 is 1.56 bits per heavy atom. The van der Waals surface area contributed by atoms with E-state index in [0.717, 1.165) is 0 Å². The lowest BCUT2D eigenvalue weighted by atomic mass is 9.90. The Balaban J connectivity index is 2.76. The molecule has 16 heavy (non-hydrogen) atoms. The SMILES string of the molecule is COCC1O[C@@H](OC)C(OC)C(OC)[C@H]1C. The lowest BCUT2D eigenvalue weighted by molar-refractivity contribution is -0.290. The van der Waals surface area contributed by atoms with Gasteiger partial charge in [0.25, 0.3) is 0 Å². The van der Waals surface area contributed by atoms with E-state index < -0.39 is 6.29 Å². The minimum atomic E-state index is -0.411. The van der Waals surface area contributed by atoms with Gasteiger partial charge in [0.2, 0.25) is 0 Å². The van der Waals surface area contributed by atoms with Gasteiger partial charge in [-0.1, -0.05) is 6.92 Å². The van der Waals surface area contributed by atoms with Crippen molar-refractivity contribution in [1.29, 1.82) is 0 Å². The molecule has 5 atom stereocenters. The van der Waals surface area contributed by atoms with Crippen LogP contribution in [0.2, 0.25) is 0 Å². The van der Waals surface area contributed by atoms with Crippen LogP contribution in [0.25, 0.3) is 0 Å². The number of ether oxygens (including phenoxy) is 5. The summed E-state index contributed by atoms with van der Waals surface area (Å²) in [6, 6.07) is 0. The molecule has 0 aromatic heterocycles. The molecule has 0 amide bonds. The zero-order valence-corrected chi connectivity index (χ0v) is 10.6. The first-order chi connectivity index (χ1) is 7.69. The summed E-state index contributed by atoms with van der Waals surface area (Å²) in [5.41, 5.74) is 0. The first-order valence-electron chi connectivity index (χ1n) is 5.42. The summed E-state index contributed by atoms with van der Waals surface area (Å²) < 4.78 is 27.0. The molecule has 5 heteroatoms. The van der Waals surface area contributed by atoms with Crippen molar-refractivity contribution in [3.05, 3.63) is 0 Å². The van der Waals surface area contributed by atoms with Crippen molar-refractivity contribution < 1.29 is 23.7 Å². The summed E-state index contributed by atoms with van der Waals surface area (Å²) in [6.07, 6.45) is -0.709. The van der Waals surface area contributed by atoms with Crippen molar-refractivity contribution in [3.63, 3.8) is 0 Å². The monoisotopic (exact) mass is 234 g/mol. The number of rotatable bonds is 5. The maximum atomic E-state index is 5.77. The average Bonchev–Trinajstić information content (AvgIpc) is 2.31. The van der Waals surface area contributed by atoms with Gasteiger partial charge in [0.05, 0.1) is 18.8 Å². The zero-order chi connectivity index (χ0) is 12.1. The molecule has 0 saturated carbocycles. The summed E-state index contributed by atoms with van der Waals surface area (Å²) >= 11 is 0. The first-order valence-corrected chi connectivity index (χ1v) is 5.42. The Morgan fingerprint density at radius 1 is 0.938 bits per heavy atom. The number of hydrogen-bond donors (Lipinski definition) is 0. The van der Waals surface area contributed by atoms with E-state index in [-0.39, 0.29) is 24.2 Å². The van der Waals surface area contributed by atoms with E-state index in [4.69, 9.17) is 23.7 Å². The van der Waals surface area contributed by atoms with Gasteiger partial charge in [-0.05, 0) is 0 Å². The van der Waals surface area contributed by atoms with Crippen LogP contribution in [0.1, 0.15) is 6.92 Å². The molecule has 3 unspecified atom stereocenters. The van der Waals surface area contributed by atoms with Gasteiger partial charge in [-0.15, -0.1) is 0 Å². The van der Waals surface area contributed by atoms with Gasteiger partial charge in [-0.3, -0.25) is 0 Å². The van der Waals surface area contributed by atoms with Crippen LogP contribution < -0.4 is 0 Å². The maximum absolute atomic E-state index is 5.77. The van der Waals surface area contributed by atoms with Crippen LogP contribution >= 0.6 is 0 Å². The third kappa shape index (κ3) is 2.73. The predicted octanol–water partition coefficient (Wildman–Crippen LogP) is 0.670. The Kier molecular flexibility index (Phi) is 5.64. The molecule has 1 rings (SSSR count). The normalized spacial score (nSPS) is 39.9. The van der Waals surface area contributed by atoms with E-state index in [9.17, 15) is 0 Å². The highest BCUT2D eigenvalue weighted by Gasteiger charge is 2.44. The Morgan fingerprint density at radius 3 is 2.00 bits per heavy atom. The van der Waals surface area contributed by atoms with Crippen LogP contribution in [-0.2, 0) is 23.7 Å². The molecule has 0 bridgehead atoms. The molecule has 0 aromatic carbocycles. The van der Waals surface area contributed by atoms with Gasteiger partial charge in [-0.25, -0.2) is 0 Å². The zero-order valence-electron chi connectivity index (χ0n) is 10.6. The Labute approximate surface area is 97.0 Å². The minimum absolute atomic E-state index is 0.0358. The van der Waals surface area contributed by atoms with Crippen LogP contribution in [0.15, 0.2) is 0 Å². The summed E-state index contributed by atoms with van der Waals surface area (Å²) in [7, 11) is 6.57. The quantitative estimate of drug-likeness (QED) is 0.699. The van der Waals surface area contributed by atoms with Gasteiger partial charge in [0.15, 0.2) is 6.29 Å². The molecule has 96 valence electrons. The van der Waals surface area contributed by atoms with E-state index in [0.29, 0.717) is 6.61 Å². The molecular weight excluding hydrogens is 212 g/mol. The van der Waals surface area contributed by atoms with Crippen molar-refractivity contribution in [2.24, 2.45) is 5.92 Å².